The van der Waals surface area contributed by atoms with Crippen molar-refractivity contribution in [3.63, 3.8) is 0 Å². The van der Waals surface area contributed by atoms with Crippen LogP contribution >= 0.6 is 0 Å². The van der Waals surface area contributed by atoms with Crippen LogP contribution in [0.4, 0.5) is 4.39 Å². The van der Waals surface area contributed by atoms with Gasteiger partial charge >= 0.3 is 0 Å². The number of hydrogen-bond donors (Lipinski definition) is 1. The second kappa shape index (κ2) is 5.79. The Hall–Kier alpha value is -0.980. The zero-order valence-electron chi connectivity index (χ0n) is 11.9. The van der Waals surface area contributed by atoms with Gasteiger partial charge in [-0.2, -0.15) is 0 Å². The molecule has 1 saturated carbocycles. The van der Waals surface area contributed by atoms with Crippen molar-refractivity contribution < 1.29 is 12.8 Å². The number of halogens is 1. The van der Waals surface area contributed by atoms with Crippen molar-refractivity contribution in [1.29, 1.82) is 0 Å². The van der Waals surface area contributed by atoms with Crippen LogP contribution < -0.4 is 5.73 Å². The van der Waals surface area contributed by atoms with Gasteiger partial charge in [0.25, 0.3) is 0 Å². The topological polar surface area (TPSA) is 63.4 Å². The van der Waals surface area contributed by atoms with E-state index in [9.17, 15) is 12.8 Å². The molecule has 2 N–H and O–H groups in total. The number of rotatable bonds is 5. The van der Waals surface area contributed by atoms with Gasteiger partial charge in [-0.25, -0.2) is 17.1 Å². The minimum Gasteiger partial charge on any atom is -0.326 e. The molecule has 1 aromatic rings. The fraction of sp³-hybridized carbons (Fsp3) is 0.571. The molecular weight excluding hydrogens is 279 g/mol. The first-order chi connectivity index (χ1) is 9.36. The monoisotopic (exact) mass is 300 g/mol. The molecule has 0 unspecified atom stereocenters. The van der Waals surface area contributed by atoms with Gasteiger partial charge < -0.3 is 5.73 Å². The lowest BCUT2D eigenvalue weighted by Crippen LogP contribution is -2.34. The van der Waals surface area contributed by atoms with E-state index in [4.69, 9.17) is 5.73 Å². The van der Waals surface area contributed by atoms with Gasteiger partial charge in [0.05, 0.1) is 4.90 Å². The average molecular weight is 300 g/mol. The average Bonchev–Trinajstić information content (AvgIpc) is 2.36. The van der Waals surface area contributed by atoms with Gasteiger partial charge in [-0.3, -0.25) is 0 Å². The molecular formula is C14H21FN2O2S. The zero-order chi connectivity index (χ0) is 14.9. The Kier molecular flexibility index (Phi) is 4.46. The van der Waals surface area contributed by atoms with Gasteiger partial charge in [0.1, 0.15) is 5.82 Å². The van der Waals surface area contributed by atoms with Crippen LogP contribution in [0, 0.1) is 18.7 Å². The van der Waals surface area contributed by atoms with Gasteiger partial charge in [-0.05, 0) is 43.4 Å². The summed E-state index contributed by atoms with van der Waals surface area (Å²) in [6.45, 7) is 2.07. The van der Waals surface area contributed by atoms with Crippen LogP contribution in [0.3, 0.4) is 0 Å². The second-order valence-electron chi connectivity index (χ2n) is 5.50. The highest BCUT2D eigenvalue weighted by Gasteiger charge is 2.27. The van der Waals surface area contributed by atoms with Crippen molar-refractivity contribution in [3.8, 4) is 0 Å². The van der Waals surface area contributed by atoms with Crippen LogP contribution in [0.25, 0.3) is 0 Å². The van der Waals surface area contributed by atoms with E-state index in [1.165, 1.54) is 22.9 Å². The summed E-state index contributed by atoms with van der Waals surface area (Å²) in [5.41, 5.74) is 6.02. The first-order valence-corrected chi connectivity index (χ1v) is 8.25. The third-order valence-electron chi connectivity index (χ3n) is 3.97. The van der Waals surface area contributed by atoms with E-state index in [2.05, 4.69) is 0 Å². The lowest BCUT2D eigenvalue weighted by atomic mass is 9.86. The number of aryl methyl sites for hydroxylation is 1. The lowest BCUT2D eigenvalue weighted by Gasteiger charge is -2.29. The van der Waals surface area contributed by atoms with E-state index < -0.39 is 15.8 Å². The molecule has 0 aromatic heterocycles. The summed E-state index contributed by atoms with van der Waals surface area (Å²) in [5.74, 6) is 0.0263. The zero-order valence-corrected chi connectivity index (χ0v) is 12.7. The maximum absolute atomic E-state index is 13.8. The number of hydrogen-bond acceptors (Lipinski definition) is 3. The first-order valence-electron chi connectivity index (χ1n) is 6.81. The second-order valence-corrected chi connectivity index (χ2v) is 7.54. The normalized spacial score (nSPS) is 16.4. The Bertz CT molecular complexity index is 597. The Morgan fingerprint density at radius 1 is 1.40 bits per heavy atom. The van der Waals surface area contributed by atoms with Crippen LogP contribution in [0.15, 0.2) is 17.0 Å². The van der Waals surface area contributed by atoms with Crippen molar-refractivity contribution in [2.24, 2.45) is 11.7 Å². The molecule has 112 valence electrons. The molecule has 0 amide bonds. The molecule has 0 saturated heterocycles. The minimum absolute atomic E-state index is 0.0115. The summed E-state index contributed by atoms with van der Waals surface area (Å²) in [6.07, 6.45) is 3.33. The van der Waals surface area contributed by atoms with Crippen molar-refractivity contribution in [3.05, 3.63) is 29.1 Å². The van der Waals surface area contributed by atoms with Gasteiger partial charge in [-0.15, -0.1) is 0 Å². The minimum atomic E-state index is -3.57. The Balaban J connectivity index is 2.30. The Morgan fingerprint density at radius 2 is 2.05 bits per heavy atom. The maximum Gasteiger partial charge on any atom is 0.242 e. The Labute approximate surface area is 119 Å². The van der Waals surface area contributed by atoms with Crippen molar-refractivity contribution in [2.45, 2.75) is 37.6 Å². The molecule has 0 aliphatic heterocycles. The van der Waals surface area contributed by atoms with E-state index in [1.54, 1.807) is 14.0 Å². The molecule has 1 aliphatic carbocycles. The quantitative estimate of drug-likeness (QED) is 0.905. The molecule has 1 fully saturated rings. The molecule has 0 heterocycles. The fourth-order valence-electron chi connectivity index (χ4n) is 2.42. The lowest BCUT2D eigenvalue weighted by molar-refractivity contribution is 0.263. The molecule has 2 rings (SSSR count). The summed E-state index contributed by atoms with van der Waals surface area (Å²) in [6, 6.07) is 2.72. The van der Waals surface area contributed by atoms with E-state index in [1.807, 2.05) is 0 Å². The standard InChI is InChI=1S/C14H21FN2O2S/c1-10-6-13(7-12(8-16)14(10)15)20(18,19)17(2)9-11-4-3-5-11/h6-7,11H,3-5,8-9,16H2,1-2H3. The van der Waals surface area contributed by atoms with Gasteiger partial charge in [-0.1, -0.05) is 6.42 Å². The van der Waals surface area contributed by atoms with E-state index in [-0.39, 0.29) is 17.0 Å². The highest BCUT2D eigenvalue weighted by Crippen LogP contribution is 2.29. The SMILES string of the molecule is Cc1cc(S(=O)(=O)N(C)CC2CCC2)cc(CN)c1F. The predicted molar refractivity (Wildman–Crippen MR) is 76.2 cm³/mol. The van der Waals surface area contributed by atoms with Gasteiger partial charge in [0.15, 0.2) is 0 Å². The van der Waals surface area contributed by atoms with Crippen molar-refractivity contribution >= 4 is 10.0 Å². The summed E-state index contributed by atoms with van der Waals surface area (Å²) >= 11 is 0. The number of benzene rings is 1. The highest BCUT2D eigenvalue weighted by molar-refractivity contribution is 7.89. The number of nitrogens with zero attached hydrogens (tertiary/aromatic N) is 1. The van der Waals surface area contributed by atoms with Crippen LogP contribution in [0.1, 0.15) is 30.4 Å². The summed E-state index contributed by atoms with van der Waals surface area (Å²) in [4.78, 5) is 0.124. The third-order valence-corrected chi connectivity index (χ3v) is 5.77. The molecule has 1 aliphatic rings. The van der Waals surface area contributed by atoms with Gasteiger partial charge in [0.2, 0.25) is 10.0 Å². The van der Waals surface area contributed by atoms with Crippen LogP contribution in [-0.4, -0.2) is 26.3 Å². The maximum atomic E-state index is 13.8. The highest BCUT2D eigenvalue weighted by atomic mass is 32.2. The van der Waals surface area contributed by atoms with E-state index >= 15 is 0 Å². The molecule has 0 spiro atoms. The van der Waals surface area contributed by atoms with E-state index in [0.717, 1.165) is 12.8 Å². The summed E-state index contributed by atoms with van der Waals surface area (Å²) in [7, 11) is -1.99. The van der Waals surface area contributed by atoms with Crippen LogP contribution in [-0.2, 0) is 16.6 Å². The van der Waals surface area contributed by atoms with Crippen molar-refractivity contribution in [1.82, 2.24) is 4.31 Å². The molecule has 6 heteroatoms. The molecule has 4 nitrogen and oxygen atoms in total. The van der Waals surface area contributed by atoms with Crippen molar-refractivity contribution in [2.75, 3.05) is 13.6 Å². The summed E-state index contributed by atoms with van der Waals surface area (Å²) < 4.78 is 40.1. The first kappa shape index (κ1) is 15.4. The Morgan fingerprint density at radius 3 is 2.55 bits per heavy atom. The molecule has 0 radical (unpaired) electrons. The predicted octanol–water partition coefficient (Wildman–Crippen LogP) is 2.01. The number of nitrogens with two attached hydrogens (primary N) is 1. The fourth-order valence-corrected chi connectivity index (χ4v) is 3.81. The smallest absolute Gasteiger partial charge is 0.242 e. The summed E-state index contributed by atoms with van der Waals surface area (Å²) in [5, 5.41) is 0. The van der Waals surface area contributed by atoms with E-state index in [0.29, 0.717) is 18.0 Å². The van der Waals surface area contributed by atoms with Crippen LogP contribution in [0.5, 0.6) is 0 Å². The molecule has 0 atom stereocenters. The number of sulfonamides is 1. The third kappa shape index (κ3) is 2.87. The van der Waals surface area contributed by atoms with Crippen LogP contribution in [0.2, 0.25) is 0 Å². The largest absolute Gasteiger partial charge is 0.326 e. The molecule has 20 heavy (non-hydrogen) atoms. The molecule has 1 aromatic carbocycles. The van der Waals surface area contributed by atoms with Gasteiger partial charge in [0, 0.05) is 25.7 Å². The molecule has 0 bridgehead atoms.